The van der Waals surface area contributed by atoms with Gasteiger partial charge in [-0.3, -0.25) is 0 Å². The number of unbranched alkanes of at least 4 members (excludes halogenated alkanes) is 1. The lowest BCUT2D eigenvalue weighted by Crippen LogP contribution is -2.55. The molecular weight excluding hydrogens is 414 g/mol. The first-order chi connectivity index (χ1) is 13.6. The fraction of sp³-hybridized carbons (Fsp3) is 0.714. The molecule has 0 aliphatic heterocycles. The summed E-state index contributed by atoms with van der Waals surface area (Å²) in [4.78, 5) is 0. The maximum absolute atomic E-state index is 12.7. The van der Waals surface area contributed by atoms with Crippen molar-refractivity contribution in [1.29, 1.82) is 0 Å². The van der Waals surface area contributed by atoms with Crippen LogP contribution in [0.25, 0.3) is 0 Å². The number of hydrogen-bond acceptors (Lipinski definition) is 3. The van der Waals surface area contributed by atoms with Gasteiger partial charge in [-0.2, -0.15) is 26.3 Å². The summed E-state index contributed by atoms with van der Waals surface area (Å²) in [7, 11) is 0. The van der Waals surface area contributed by atoms with Crippen LogP contribution in [0.3, 0.4) is 0 Å². The van der Waals surface area contributed by atoms with Crippen LogP contribution in [-0.4, -0.2) is 45.5 Å². The molecule has 0 unspecified atom stereocenters. The topological polar surface area (TPSA) is 60.7 Å². The van der Waals surface area contributed by atoms with E-state index in [0.717, 1.165) is 11.6 Å². The molecule has 0 aromatic rings. The first-order valence-corrected chi connectivity index (χ1v) is 9.81. The fourth-order valence-corrected chi connectivity index (χ4v) is 3.30. The fourth-order valence-electron chi connectivity index (χ4n) is 3.30. The summed E-state index contributed by atoms with van der Waals surface area (Å²) < 4.78 is 75.9. The SMILES string of the molecule is CC(C)(C/C=C\C(O)(C(F)(F)F)C(F)(F)F)CCC/C=C/C=C1C[C@@H](O)C[C@H](O)C1. The molecule has 0 heterocycles. The smallest absolute Gasteiger partial charge is 0.393 e. The average molecular weight is 444 g/mol. The maximum atomic E-state index is 12.7. The first kappa shape index (κ1) is 26.7. The second-order valence-corrected chi connectivity index (χ2v) is 8.63. The molecule has 1 aliphatic rings. The highest BCUT2D eigenvalue weighted by Gasteiger charge is 2.68. The van der Waals surface area contributed by atoms with Gasteiger partial charge in [-0.05, 0) is 56.4 Å². The van der Waals surface area contributed by atoms with E-state index in [0.29, 0.717) is 38.5 Å². The largest absolute Gasteiger partial charge is 0.429 e. The van der Waals surface area contributed by atoms with E-state index in [1.165, 1.54) is 0 Å². The lowest BCUT2D eigenvalue weighted by atomic mass is 9.83. The monoisotopic (exact) mass is 444 g/mol. The van der Waals surface area contributed by atoms with E-state index >= 15 is 0 Å². The Morgan fingerprint density at radius 2 is 1.47 bits per heavy atom. The number of aliphatic hydroxyl groups excluding tert-OH is 2. The standard InChI is InChI=1S/C21H30F6O3/c1-18(2,10-7-11-19(30,20(22,23)24)21(25,26)27)9-6-4-3-5-8-15-12-16(28)14-17(29)13-15/h3,5,7-8,11,16-17,28-30H,4,6,9-10,12-14H2,1-2H3/b5-3+,11-7-/t16-,17-/m1/s1. The summed E-state index contributed by atoms with van der Waals surface area (Å²) in [6.07, 6.45) is -3.47. The molecule has 9 heteroatoms. The normalized spacial score (nSPS) is 22.3. The van der Waals surface area contributed by atoms with Crippen molar-refractivity contribution in [3.63, 3.8) is 0 Å². The molecule has 1 aliphatic carbocycles. The quantitative estimate of drug-likeness (QED) is 0.268. The molecule has 0 saturated heterocycles. The maximum Gasteiger partial charge on any atom is 0.429 e. The van der Waals surface area contributed by atoms with Crippen molar-refractivity contribution in [3.8, 4) is 0 Å². The zero-order valence-electron chi connectivity index (χ0n) is 17.1. The summed E-state index contributed by atoms with van der Waals surface area (Å²) in [5.41, 5.74) is -4.45. The van der Waals surface area contributed by atoms with Gasteiger partial charge >= 0.3 is 12.4 Å². The number of hydrogen-bond donors (Lipinski definition) is 3. The van der Waals surface area contributed by atoms with E-state index < -0.39 is 35.6 Å². The second-order valence-electron chi connectivity index (χ2n) is 8.63. The van der Waals surface area contributed by atoms with Crippen molar-refractivity contribution in [2.75, 3.05) is 0 Å². The van der Waals surface area contributed by atoms with Gasteiger partial charge in [0.05, 0.1) is 12.2 Å². The van der Waals surface area contributed by atoms with Gasteiger partial charge in [0.15, 0.2) is 0 Å². The van der Waals surface area contributed by atoms with E-state index in [1.807, 2.05) is 18.2 Å². The number of aliphatic hydroxyl groups is 3. The minimum Gasteiger partial charge on any atom is -0.393 e. The van der Waals surface area contributed by atoms with Gasteiger partial charge in [-0.1, -0.05) is 43.7 Å². The number of halogens is 6. The van der Waals surface area contributed by atoms with Gasteiger partial charge in [-0.25, -0.2) is 0 Å². The highest BCUT2D eigenvalue weighted by Crippen LogP contribution is 2.44. The van der Waals surface area contributed by atoms with Crippen LogP contribution in [0.2, 0.25) is 0 Å². The molecular formula is C21H30F6O3. The van der Waals surface area contributed by atoms with Crippen LogP contribution in [-0.2, 0) is 0 Å². The Morgan fingerprint density at radius 1 is 0.933 bits per heavy atom. The molecule has 1 saturated carbocycles. The Balaban J connectivity index is 2.51. The third-order valence-electron chi connectivity index (χ3n) is 5.13. The lowest BCUT2D eigenvalue weighted by molar-refractivity contribution is -0.347. The predicted molar refractivity (Wildman–Crippen MR) is 102 cm³/mol. The zero-order chi connectivity index (χ0) is 23.2. The summed E-state index contributed by atoms with van der Waals surface area (Å²) >= 11 is 0. The van der Waals surface area contributed by atoms with Crippen LogP contribution in [0, 0.1) is 5.41 Å². The lowest BCUT2D eigenvalue weighted by Gasteiger charge is -2.30. The molecule has 0 spiro atoms. The van der Waals surface area contributed by atoms with Crippen molar-refractivity contribution in [2.24, 2.45) is 5.41 Å². The summed E-state index contributed by atoms with van der Waals surface area (Å²) in [6, 6.07) is 0. The van der Waals surface area contributed by atoms with Gasteiger partial charge in [0.1, 0.15) is 0 Å². The number of rotatable bonds is 8. The minimum atomic E-state index is -5.85. The van der Waals surface area contributed by atoms with Gasteiger partial charge in [0.2, 0.25) is 0 Å². The Kier molecular flexibility index (Phi) is 9.20. The third-order valence-corrected chi connectivity index (χ3v) is 5.13. The predicted octanol–water partition coefficient (Wildman–Crippen LogP) is 5.37. The highest BCUT2D eigenvalue weighted by atomic mass is 19.4. The Labute approximate surface area is 172 Å². The van der Waals surface area contributed by atoms with Crippen LogP contribution < -0.4 is 0 Å². The summed E-state index contributed by atoms with van der Waals surface area (Å²) in [5, 5.41) is 28.4. The summed E-state index contributed by atoms with van der Waals surface area (Å²) in [6.45, 7) is 3.46. The van der Waals surface area contributed by atoms with Crippen LogP contribution >= 0.6 is 0 Å². The van der Waals surface area contributed by atoms with Crippen LogP contribution in [0.5, 0.6) is 0 Å². The molecule has 1 fully saturated rings. The van der Waals surface area contributed by atoms with Crippen molar-refractivity contribution >= 4 is 0 Å². The highest BCUT2D eigenvalue weighted by molar-refractivity contribution is 5.16. The second kappa shape index (κ2) is 10.3. The molecule has 1 rings (SSSR count). The molecule has 0 bridgehead atoms. The molecule has 0 radical (unpaired) electrons. The van der Waals surface area contributed by atoms with Gasteiger partial charge in [0, 0.05) is 0 Å². The van der Waals surface area contributed by atoms with E-state index in [2.05, 4.69) is 0 Å². The van der Waals surface area contributed by atoms with Gasteiger partial charge < -0.3 is 15.3 Å². The molecule has 0 aromatic carbocycles. The Morgan fingerprint density at radius 3 is 1.97 bits per heavy atom. The van der Waals surface area contributed by atoms with Gasteiger partial charge in [-0.15, -0.1) is 0 Å². The van der Waals surface area contributed by atoms with Crippen LogP contribution in [0.1, 0.15) is 58.8 Å². The molecule has 0 amide bonds. The Bertz CT molecular complexity index is 606. The van der Waals surface area contributed by atoms with E-state index in [-0.39, 0.29) is 12.5 Å². The molecule has 30 heavy (non-hydrogen) atoms. The van der Waals surface area contributed by atoms with E-state index in [1.54, 1.807) is 13.8 Å². The molecule has 3 nitrogen and oxygen atoms in total. The van der Waals surface area contributed by atoms with Crippen LogP contribution in [0.15, 0.2) is 36.0 Å². The van der Waals surface area contributed by atoms with Crippen LogP contribution in [0.4, 0.5) is 26.3 Å². The molecule has 0 aromatic heterocycles. The van der Waals surface area contributed by atoms with E-state index in [9.17, 15) is 36.6 Å². The molecule has 174 valence electrons. The molecule has 3 N–H and O–H groups in total. The number of alkyl halides is 6. The Hall–Kier alpha value is -1.32. The first-order valence-electron chi connectivity index (χ1n) is 9.81. The van der Waals surface area contributed by atoms with Gasteiger partial charge in [0.25, 0.3) is 5.60 Å². The third kappa shape index (κ3) is 8.07. The van der Waals surface area contributed by atoms with E-state index in [4.69, 9.17) is 5.11 Å². The molecule has 2 atom stereocenters. The minimum absolute atomic E-state index is 0.0506. The summed E-state index contributed by atoms with van der Waals surface area (Å²) in [5.74, 6) is 0. The average Bonchev–Trinajstić information content (AvgIpc) is 2.54. The van der Waals surface area contributed by atoms with Crippen molar-refractivity contribution in [1.82, 2.24) is 0 Å². The number of allylic oxidation sites excluding steroid dienone is 4. The van der Waals surface area contributed by atoms with Crippen molar-refractivity contribution in [3.05, 3.63) is 36.0 Å². The zero-order valence-corrected chi connectivity index (χ0v) is 17.1. The van der Waals surface area contributed by atoms with Crippen molar-refractivity contribution in [2.45, 2.75) is 89.0 Å². The van der Waals surface area contributed by atoms with Crippen molar-refractivity contribution < 1.29 is 41.7 Å².